The third kappa shape index (κ3) is 4.17. The van der Waals surface area contributed by atoms with Crippen LogP contribution in [0.3, 0.4) is 0 Å². The lowest BCUT2D eigenvalue weighted by molar-refractivity contribution is 1.18. The fourth-order valence-corrected chi connectivity index (χ4v) is 6.46. The largest absolute Gasteiger partial charge is 0.309 e. The van der Waals surface area contributed by atoms with Crippen molar-refractivity contribution in [2.45, 2.75) is 13.8 Å². The summed E-state index contributed by atoms with van der Waals surface area (Å²) in [5.74, 6) is 0. The number of para-hydroxylation sites is 2. The van der Waals surface area contributed by atoms with Crippen LogP contribution in [0.2, 0.25) is 5.02 Å². The summed E-state index contributed by atoms with van der Waals surface area (Å²) in [6.07, 6.45) is 0. The third-order valence-electron chi connectivity index (χ3n) is 8.06. The van der Waals surface area contributed by atoms with E-state index in [0.29, 0.717) is 0 Å². The SMILES string of the molecule is CC.Clc1ccc(-c2c(-c3ccc(-n4c5ccccc5c5ccccc54)cc3)c3ccccc3c3ccccc23)cc1. The molecule has 202 valence electrons. The molecule has 1 aromatic heterocycles. The average Bonchev–Trinajstić information content (AvgIpc) is 3.40. The Morgan fingerprint density at radius 2 is 0.738 bits per heavy atom. The molecule has 0 aliphatic heterocycles. The second kappa shape index (κ2) is 10.9. The molecule has 0 radical (unpaired) electrons. The van der Waals surface area contributed by atoms with Crippen LogP contribution in [-0.2, 0) is 0 Å². The molecule has 2 heteroatoms. The van der Waals surface area contributed by atoms with Crippen molar-refractivity contribution in [3.05, 3.63) is 151 Å². The van der Waals surface area contributed by atoms with Gasteiger partial charge >= 0.3 is 0 Å². The molecule has 8 aromatic rings. The Bertz CT molecular complexity index is 2150. The third-order valence-corrected chi connectivity index (χ3v) is 8.31. The lowest BCUT2D eigenvalue weighted by atomic mass is 9.85. The van der Waals surface area contributed by atoms with Crippen LogP contribution in [0.5, 0.6) is 0 Å². The van der Waals surface area contributed by atoms with Crippen LogP contribution >= 0.6 is 11.6 Å². The number of nitrogens with zero attached hydrogens (tertiary/aromatic N) is 1. The van der Waals surface area contributed by atoms with Crippen LogP contribution in [0.1, 0.15) is 13.8 Å². The Kier molecular flexibility index (Phi) is 6.74. The first-order valence-corrected chi connectivity index (χ1v) is 14.9. The minimum absolute atomic E-state index is 0.742. The summed E-state index contributed by atoms with van der Waals surface area (Å²) in [5, 5.41) is 8.29. The maximum absolute atomic E-state index is 6.32. The molecule has 0 atom stereocenters. The average molecular weight is 560 g/mol. The van der Waals surface area contributed by atoms with E-state index in [1.807, 2.05) is 26.0 Å². The normalized spacial score (nSPS) is 11.2. The Morgan fingerprint density at radius 1 is 0.381 bits per heavy atom. The standard InChI is InChI=1S/C38H24ClN.C2H6/c39-27-21-17-25(18-22-27)37-33-13-3-1-9-29(33)30-10-2-4-14-34(30)38(37)26-19-23-28(24-20-26)40-35-15-7-5-11-31(35)32-12-6-8-16-36(32)40;1-2/h1-24H;1-2H3. The highest BCUT2D eigenvalue weighted by atomic mass is 35.5. The van der Waals surface area contributed by atoms with Crippen molar-refractivity contribution in [1.82, 2.24) is 4.57 Å². The molecule has 0 saturated carbocycles. The summed E-state index contributed by atoms with van der Waals surface area (Å²) in [4.78, 5) is 0. The number of aromatic nitrogens is 1. The molecule has 0 aliphatic carbocycles. The van der Waals surface area contributed by atoms with Gasteiger partial charge in [0.05, 0.1) is 11.0 Å². The van der Waals surface area contributed by atoms with Gasteiger partial charge in [0.1, 0.15) is 0 Å². The second-order valence-corrected chi connectivity index (χ2v) is 10.7. The maximum atomic E-state index is 6.32. The van der Waals surface area contributed by atoms with Crippen molar-refractivity contribution in [3.8, 4) is 27.9 Å². The Hall–Kier alpha value is -4.85. The van der Waals surface area contributed by atoms with E-state index < -0.39 is 0 Å². The Labute approximate surface area is 251 Å². The van der Waals surface area contributed by atoms with Gasteiger partial charge in [-0.1, -0.05) is 135 Å². The van der Waals surface area contributed by atoms with Gasteiger partial charge in [-0.15, -0.1) is 0 Å². The van der Waals surface area contributed by atoms with Crippen LogP contribution in [0, 0.1) is 0 Å². The molecule has 0 spiro atoms. The zero-order valence-corrected chi connectivity index (χ0v) is 24.4. The summed E-state index contributed by atoms with van der Waals surface area (Å²) in [6.45, 7) is 4.00. The van der Waals surface area contributed by atoms with Gasteiger partial charge in [0.2, 0.25) is 0 Å². The van der Waals surface area contributed by atoms with Gasteiger partial charge in [-0.25, -0.2) is 0 Å². The summed E-state index contributed by atoms with van der Waals surface area (Å²) in [7, 11) is 0. The number of rotatable bonds is 3. The number of hydrogen-bond donors (Lipinski definition) is 0. The molecule has 0 aliphatic rings. The quantitative estimate of drug-likeness (QED) is 0.190. The first-order valence-electron chi connectivity index (χ1n) is 14.6. The van der Waals surface area contributed by atoms with Crippen molar-refractivity contribution < 1.29 is 0 Å². The van der Waals surface area contributed by atoms with Gasteiger partial charge in [-0.3, -0.25) is 0 Å². The van der Waals surface area contributed by atoms with Crippen molar-refractivity contribution >= 4 is 55.0 Å². The van der Waals surface area contributed by atoms with E-state index in [-0.39, 0.29) is 0 Å². The molecule has 7 aromatic carbocycles. The molecule has 1 heterocycles. The molecule has 0 saturated heterocycles. The minimum Gasteiger partial charge on any atom is -0.309 e. The van der Waals surface area contributed by atoms with E-state index in [1.54, 1.807) is 0 Å². The Balaban J connectivity index is 0.00000141. The summed E-state index contributed by atoms with van der Waals surface area (Å²) < 4.78 is 2.37. The number of halogens is 1. The van der Waals surface area contributed by atoms with E-state index in [4.69, 9.17) is 11.6 Å². The Morgan fingerprint density at radius 3 is 1.19 bits per heavy atom. The van der Waals surface area contributed by atoms with Crippen LogP contribution in [0.4, 0.5) is 0 Å². The number of hydrogen-bond acceptors (Lipinski definition) is 0. The van der Waals surface area contributed by atoms with Gasteiger partial charge in [-0.2, -0.15) is 0 Å². The van der Waals surface area contributed by atoms with Crippen LogP contribution in [0.25, 0.3) is 71.3 Å². The van der Waals surface area contributed by atoms with Crippen molar-refractivity contribution in [2.24, 2.45) is 0 Å². The van der Waals surface area contributed by atoms with Gasteiger partial charge in [0.15, 0.2) is 0 Å². The topological polar surface area (TPSA) is 4.93 Å². The van der Waals surface area contributed by atoms with Crippen LogP contribution in [-0.4, -0.2) is 4.57 Å². The smallest absolute Gasteiger partial charge is 0.0541 e. The van der Waals surface area contributed by atoms with Gasteiger partial charge < -0.3 is 4.57 Å². The molecule has 0 N–H and O–H groups in total. The molecular weight excluding hydrogens is 530 g/mol. The summed E-state index contributed by atoms with van der Waals surface area (Å²) >= 11 is 6.32. The molecule has 42 heavy (non-hydrogen) atoms. The lowest BCUT2D eigenvalue weighted by Gasteiger charge is -2.19. The predicted octanol–water partition coefficient (Wildman–Crippen LogP) is 12.1. The molecule has 1 nitrogen and oxygen atoms in total. The highest BCUT2D eigenvalue weighted by molar-refractivity contribution is 6.30. The van der Waals surface area contributed by atoms with E-state index in [9.17, 15) is 0 Å². The second-order valence-electron chi connectivity index (χ2n) is 10.3. The van der Waals surface area contributed by atoms with Gasteiger partial charge in [0, 0.05) is 21.5 Å². The monoisotopic (exact) mass is 559 g/mol. The molecule has 8 rings (SSSR count). The van der Waals surface area contributed by atoms with Crippen LogP contribution < -0.4 is 0 Å². The van der Waals surface area contributed by atoms with Crippen LogP contribution in [0.15, 0.2) is 146 Å². The summed E-state index contributed by atoms with van der Waals surface area (Å²) in [6, 6.07) is 52.1. The fourth-order valence-electron chi connectivity index (χ4n) is 6.34. The zero-order chi connectivity index (χ0) is 28.6. The molecule has 0 unspecified atom stereocenters. The van der Waals surface area contributed by atoms with Gasteiger partial charge in [-0.05, 0) is 80.2 Å². The van der Waals surface area contributed by atoms with E-state index in [2.05, 4.69) is 138 Å². The number of fused-ring (bicyclic) bond motifs is 6. The van der Waals surface area contributed by atoms with Gasteiger partial charge in [0.25, 0.3) is 0 Å². The molecular formula is C40H30ClN. The van der Waals surface area contributed by atoms with Crippen molar-refractivity contribution in [1.29, 1.82) is 0 Å². The maximum Gasteiger partial charge on any atom is 0.0541 e. The minimum atomic E-state index is 0.742. The fraction of sp³-hybridized carbons (Fsp3) is 0.0500. The first-order chi connectivity index (χ1) is 20.8. The molecule has 0 amide bonds. The van der Waals surface area contributed by atoms with Crippen molar-refractivity contribution in [2.75, 3.05) is 0 Å². The van der Waals surface area contributed by atoms with Crippen molar-refractivity contribution in [3.63, 3.8) is 0 Å². The highest BCUT2D eigenvalue weighted by Gasteiger charge is 2.18. The zero-order valence-electron chi connectivity index (χ0n) is 23.7. The molecule has 0 fully saturated rings. The van der Waals surface area contributed by atoms with E-state index >= 15 is 0 Å². The number of benzene rings is 7. The lowest BCUT2D eigenvalue weighted by Crippen LogP contribution is -1.95. The van der Waals surface area contributed by atoms with E-state index in [1.165, 1.54) is 60.0 Å². The van der Waals surface area contributed by atoms with E-state index in [0.717, 1.165) is 16.3 Å². The summed E-state index contributed by atoms with van der Waals surface area (Å²) in [5.41, 5.74) is 8.41. The predicted molar refractivity (Wildman–Crippen MR) is 183 cm³/mol. The highest BCUT2D eigenvalue weighted by Crippen LogP contribution is 2.45. The molecule has 0 bridgehead atoms. The first kappa shape index (κ1) is 26.1.